The van der Waals surface area contributed by atoms with E-state index >= 15 is 0 Å². The van der Waals surface area contributed by atoms with Crippen LogP contribution < -0.4 is 15.4 Å². The molecule has 33 heavy (non-hydrogen) atoms. The number of nitrogens with one attached hydrogen (secondary N) is 3. The molecule has 1 aromatic carbocycles. The molecular weight excluding hydrogens is 444 g/mol. The van der Waals surface area contributed by atoms with Crippen LogP contribution in [0.1, 0.15) is 25.8 Å². The van der Waals surface area contributed by atoms with E-state index in [0.717, 1.165) is 23.2 Å². The van der Waals surface area contributed by atoms with E-state index < -0.39 is 10.0 Å². The van der Waals surface area contributed by atoms with Crippen molar-refractivity contribution < 1.29 is 17.9 Å². The Bertz CT molecular complexity index is 1240. The lowest BCUT2D eigenvalue weighted by molar-refractivity contribution is 0.0730. The van der Waals surface area contributed by atoms with Crippen molar-refractivity contribution in [2.24, 2.45) is 0 Å². The fourth-order valence-corrected chi connectivity index (χ4v) is 5.10. The lowest BCUT2D eigenvalue weighted by Crippen LogP contribution is -2.40. The van der Waals surface area contributed by atoms with Crippen LogP contribution in [0, 0.1) is 6.92 Å². The van der Waals surface area contributed by atoms with Gasteiger partial charge in [0.25, 0.3) is 0 Å². The number of nitrogens with zero attached hydrogens (tertiary/aromatic N) is 3. The van der Waals surface area contributed by atoms with E-state index in [1.807, 2.05) is 13.1 Å². The molecule has 4 rings (SSSR count). The van der Waals surface area contributed by atoms with Gasteiger partial charge >= 0.3 is 0 Å². The molecule has 1 saturated heterocycles. The number of fused-ring (bicyclic) bond motifs is 1. The van der Waals surface area contributed by atoms with Crippen LogP contribution in [0.3, 0.4) is 0 Å². The van der Waals surface area contributed by atoms with E-state index in [-0.39, 0.29) is 10.9 Å². The van der Waals surface area contributed by atoms with Crippen LogP contribution in [0.25, 0.3) is 11.0 Å². The average molecular weight is 475 g/mol. The number of morpholine rings is 1. The molecule has 0 spiro atoms. The summed E-state index contributed by atoms with van der Waals surface area (Å²) in [4.78, 5) is 12.6. The Labute approximate surface area is 193 Å². The predicted octanol–water partition coefficient (Wildman–Crippen LogP) is 3.25. The third kappa shape index (κ3) is 4.75. The zero-order chi connectivity index (χ0) is 23.6. The summed E-state index contributed by atoms with van der Waals surface area (Å²) >= 11 is 0. The van der Waals surface area contributed by atoms with Crippen LogP contribution >= 0.6 is 0 Å². The van der Waals surface area contributed by atoms with Gasteiger partial charge in [0.05, 0.1) is 36.3 Å². The molecule has 3 heterocycles. The molecule has 11 heteroatoms. The fraction of sp³-hybridized carbons (Fsp3) is 0.455. The quantitative estimate of drug-likeness (QED) is 0.455. The molecule has 1 aliphatic heterocycles. The number of benzene rings is 1. The molecule has 3 N–H and O–H groups in total. The SMILES string of the molecule is CC[C@@H](C)Nc1nc(Nc2ccc(S(=O)(=O)N3CCOCC3)cc2OC)nc2[nH]cc(C)c12. The van der Waals surface area contributed by atoms with Gasteiger partial charge in [-0.15, -0.1) is 0 Å². The van der Waals surface area contributed by atoms with Crippen molar-refractivity contribution in [1.29, 1.82) is 0 Å². The van der Waals surface area contributed by atoms with Crippen LogP contribution in [-0.2, 0) is 14.8 Å². The van der Waals surface area contributed by atoms with Gasteiger partial charge in [0.1, 0.15) is 17.2 Å². The molecular formula is C22H30N6O4S. The number of hydrogen-bond donors (Lipinski definition) is 3. The van der Waals surface area contributed by atoms with Gasteiger partial charge in [0.15, 0.2) is 0 Å². The number of ether oxygens (including phenoxy) is 2. The van der Waals surface area contributed by atoms with Gasteiger partial charge in [0.2, 0.25) is 16.0 Å². The van der Waals surface area contributed by atoms with Gasteiger partial charge in [-0.1, -0.05) is 6.92 Å². The zero-order valence-electron chi connectivity index (χ0n) is 19.3. The van der Waals surface area contributed by atoms with E-state index in [0.29, 0.717) is 49.3 Å². The van der Waals surface area contributed by atoms with Crippen molar-refractivity contribution in [3.8, 4) is 5.75 Å². The summed E-state index contributed by atoms with van der Waals surface area (Å²) < 4.78 is 38.2. The number of H-pyrrole nitrogens is 1. The molecule has 0 saturated carbocycles. The van der Waals surface area contributed by atoms with Crippen molar-refractivity contribution in [2.75, 3.05) is 44.0 Å². The van der Waals surface area contributed by atoms with Crippen molar-refractivity contribution >= 4 is 38.5 Å². The van der Waals surface area contributed by atoms with Gasteiger partial charge in [0, 0.05) is 31.4 Å². The third-order valence-corrected chi connectivity index (χ3v) is 7.65. The van der Waals surface area contributed by atoms with E-state index in [9.17, 15) is 8.42 Å². The molecule has 1 atom stereocenters. The molecule has 0 bridgehead atoms. The van der Waals surface area contributed by atoms with Crippen LogP contribution in [-0.4, -0.2) is 67.1 Å². The summed E-state index contributed by atoms with van der Waals surface area (Å²) in [6, 6.07) is 4.99. The minimum atomic E-state index is -3.63. The van der Waals surface area contributed by atoms with Crippen LogP contribution in [0.15, 0.2) is 29.3 Å². The van der Waals surface area contributed by atoms with Crippen LogP contribution in [0.2, 0.25) is 0 Å². The highest BCUT2D eigenvalue weighted by molar-refractivity contribution is 7.89. The van der Waals surface area contributed by atoms with E-state index in [4.69, 9.17) is 9.47 Å². The topological polar surface area (TPSA) is 121 Å². The van der Waals surface area contributed by atoms with Gasteiger partial charge in [-0.2, -0.15) is 14.3 Å². The van der Waals surface area contributed by atoms with E-state index in [2.05, 4.69) is 39.4 Å². The molecule has 0 radical (unpaired) electrons. The number of anilines is 3. The second kappa shape index (κ2) is 9.54. The molecule has 10 nitrogen and oxygen atoms in total. The second-order valence-corrected chi connectivity index (χ2v) is 9.99. The maximum absolute atomic E-state index is 13.0. The number of hydrogen-bond acceptors (Lipinski definition) is 8. The Hall–Kier alpha value is -2.89. The first-order valence-electron chi connectivity index (χ1n) is 11.0. The van der Waals surface area contributed by atoms with E-state index in [1.165, 1.54) is 17.5 Å². The summed E-state index contributed by atoms with van der Waals surface area (Å²) in [5.41, 5.74) is 2.33. The molecule has 2 aromatic heterocycles. The molecule has 0 unspecified atom stereocenters. The number of aromatic amines is 1. The molecule has 0 aliphatic carbocycles. The highest BCUT2D eigenvalue weighted by Gasteiger charge is 2.27. The Morgan fingerprint density at radius 3 is 2.73 bits per heavy atom. The number of sulfonamides is 1. The van der Waals surface area contributed by atoms with Crippen molar-refractivity contribution in [3.05, 3.63) is 30.0 Å². The standard InChI is InChI=1S/C22H30N6O4S/c1-5-15(3)24-21-19-14(2)13-23-20(19)26-22(27-21)25-17-7-6-16(12-18(17)31-4)33(29,30)28-8-10-32-11-9-28/h6-7,12-13,15H,5,8-11H2,1-4H3,(H3,23,24,25,26,27)/t15-/m1/s1. The molecule has 178 valence electrons. The maximum atomic E-state index is 13.0. The Kier molecular flexibility index (Phi) is 6.73. The fourth-order valence-electron chi connectivity index (χ4n) is 3.68. The minimum Gasteiger partial charge on any atom is -0.495 e. The number of aryl methyl sites for hydroxylation is 1. The summed E-state index contributed by atoms with van der Waals surface area (Å²) in [6.07, 6.45) is 2.85. The monoisotopic (exact) mass is 474 g/mol. The Balaban J connectivity index is 1.66. The highest BCUT2D eigenvalue weighted by Crippen LogP contribution is 2.32. The smallest absolute Gasteiger partial charge is 0.243 e. The number of rotatable bonds is 8. The number of methoxy groups -OCH3 is 1. The lowest BCUT2D eigenvalue weighted by Gasteiger charge is -2.26. The first kappa shape index (κ1) is 23.3. The van der Waals surface area contributed by atoms with Crippen LogP contribution in [0.4, 0.5) is 17.5 Å². The summed E-state index contributed by atoms with van der Waals surface area (Å²) in [5, 5.41) is 7.57. The summed E-state index contributed by atoms with van der Waals surface area (Å²) in [7, 11) is -2.13. The normalized spacial score (nSPS) is 16.0. The van der Waals surface area contributed by atoms with Crippen molar-refractivity contribution in [3.63, 3.8) is 0 Å². The maximum Gasteiger partial charge on any atom is 0.243 e. The third-order valence-electron chi connectivity index (χ3n) is 5.75. The largest absolute Gasteiger partial charge is 0.495 e. The minimum absolute atomic E-state index is 0.169. The van der Waals surface area contributed by atoms with Crippen molar-refractivity contribution in [2.45, 2.75) is 38.1 Å². The highest BCUT2D eigenvalue weighted by atomic mass is 32.2. The molecule has 0 amide bonds. The van der Waals surface area contributed by atoms with Gasteiger partial charge < -0.3 is 25.1 Å². The first-order valence-corrected chi connectivity index (χ1v) is 12.4. The van der Waals surface area contributed by atoms with Crippen LogP contribution in [0.5, 0.6) is 5.75 Å². The molecule has 1 fully saturated rings. The zero-order valence-corrected chi connectivity index (χ0v) is 20.1. The average Bonchev–Trinajstić information content (AvgIpc) is 3.20. The second-order valence-electron chi connectivity index (χ2n) is 8.05. The van der Waals surface area contributed by atoms with Gasteiger partial charge in [-0.3, -0.25) is 0 Å². The van der Waals surface area contributed by atoms with E-state index in [1.54, 1.807) is 12.1 Å². The summed E-state index contributed by atoms with van der Waals surface area (Å²) in [6.45, 7) is 7.66. The van der Waals surface area contributed by atoms with Gasteiger partial charge in [-0.05, 0) is 38.0 Å². The Morgan fingerprint density at radius 2 is 2.03 bits per heavy atom. The van der Waals surface area contributed by atoms with Gasteiger partial charge in [-0.25, -0.2) is 8.42 Å². The lowest BCUT2D eigenvalue weighted by atomic mass is 10.2. The first-order chi connectivity index (χ1) is 15.8. The number of aromatic nitrogens is 3. The molecule has 1 aliphatic rings. The van der Waals surface area contributed by atoms with Crippen molar-refractivity contribution in [1.82, 2.24) is 19.3 Å². The predicted molar refractivity (Wildman–Crippen MR) is 128 cm³/mol. The Morgan fingerprint density at radius 1 is 1.27 bits per heavy atom. The summed E-state index contributed by atoms with van der Waals surface area (Å²) in [5.74, 6) is 1.49. The molecule has 3 aromatic rings.